The number of hydrogen-bond donors (Lipinski definition) is 4. The molecule has 0 heterocycles. The Balaban J connectivity index is 0.000000167. The molecule has 8 aliphatic carbocycles. The zero-order chi connectivity index (χ0) is 34.3. The Bertz CT molecular complexity index is 1620. The van der Waals surface area contributed by atoms with Crippen molar-refractivity contribution in [2.24, 2.45) is 45.3 Å². The van der Waals surface area contributed by atoms with Crippen LogP contribution in [0.1, 0.15) is 106 Å². The molecule has 0 aromatic rings. The monoisotopic (exact) mass is 652 g/mol. The van der Waals surface area contributed by atoms with Crippen LogP contribution in [0.2, 0.25) is 0 Å². The molecule has 4 nitrogen and oxygen atoms in total. The van der Waals surface area contributed by atoms with Gasteiger partial charge in [0.15, 0.2) is 0 Å². The first kappa shape index (κ1) is 34.0. The van der Waals surface area contributed by atoms with Gasteiger partial charge in [0.25, 0.3) is 0 Å². The molecule has 0 aromatic carbocycles. The standard InChI is InChI=1S/C22H30O2.C22H28O2.H2/c2*1-4-22(24)12-9-19-17-6-5-16-13-15(14-23)7-10-20(16,2)18(17)8-11-21(19,22)3;/h4-5,8,13,17,19,23-24H,1,6-7,9-12,14H2,2-3H3;1,5,8,13,17,19,23-24H,6-7,9-12,14H2,2-3H3;1H/t2*17?,19?,20-,21-,22-;/m00./s1. The molecule has 0 saturated heterocycles. The van der Waals surface area contributed by atoms with Gasteiger partial charge < -0.3 is 20.4 Å². The molecule has 48 heavy (non-hydrogen) atoms. The van der Waals surface area contributed by atoms with Crippen LogP contribution in [0, 0.1) is 57.7 Å². The third-order valence-corrected chi connectivity index (χ3v) is 15.8. The number of aliphatic hydroxyl groups excluding tert-OH is 2. The van der Waals surface area contributed by atoms with Crippen LogP contribution in [0.15, 0.2) is 82.5 Å². The molecule has 2 saturated carbocycles. The average molecular weight is 653 g/mol. The van der Waals surface area contributed by atoms with Gasteiger partial charge in [-0.3, -0.25) is 0 Å². The second kappa shape index (κ2) is 11.6. The minimum absolute atomic E-state index is 0. The van der Waals surface area contributed by atoms with Gasteiger partial charge in [-0.05, 0) is 123 Å². The van der Waals surface area contributed by atoms with E-state index in [4.69, 9.17) is 6.42 Å². The van der Waals surface area contributed by atoms with Crippen LogP contribution in [-0.4, -0.2) is 44.8 Å². The van der Waals surface area contributed by atoms with Crippen LogP contribution in [0.4, 0.5) is 0 Å². The van der Waals surface area contributed by atoms with Crippen LogP contribution in [0.25, 0.3) is 0 Å². The van der Waals surface area contributed by atoms with Crippen molar-refractivity contribution >= 4 is 0 Å². The predicted octanol–water partition coefficient (Wildman–Crippen LogP) is 8.32. The predicted molar refractivity (Wildman–Crippen MR) is 196 cm³/mol. The van der Waals surface area contributed by atoms with Crippen molar-refractivity contribution in [3.63, 3.8) is 0 Å². The summed E-state index contributed by atoms with van der Waals surface area (Å²) in [5.41, 5.74) is 6.54. The van der Waals surface area contributed by atoms with E-state index in [2.05, 4.69) is 76.7 Å². The highest BCUT2D eigenvalue weighted by Gasteiger charge is 2.62. The van der Waals surface area contributed by atoms with Gasteiger partial charge in [-0.2, -0.15) is 0 Å². The quantitative estimate of drug-likeness (QED) is 0.183. The van der Waals surface area contributed by atoms with Crippen molar-refractivity contribution in [1.82, 2.24) is 0 Å². The third-order valence-electron chi connectivity index (χ3n) is 15.8. The minimum atomic E-state index is -0.957. The van der Waals surface area contributed by atoms with Crippen molar-refractivity contribution in [2.75, 3.05) is 13.2 Å². The summed E-state index contributed by atoms with van der Waals surface area (Å²) in [5.74, 6) is 4.79. The van der Waals surface area contributed by atoms with Gasteiger partial charge in [-0.25, -0.2) is 0 Å². The molecule has 0 aromatic heterocycles. The Morgan fingerprint density at radius 1 is 0.771 bits per heavy atom. The number of fused-ring (bicyclic) bond motifs is 10. The highest BCUT2D eigenvalue weighted by atomic mass is 16.3. The Morgan fingerprint density at radius 2 is 1.25 bits per heavy atom. The van der Waals surface area contributed by atoms with Gasteiger partial charge in [0.05, 0.1) is 18.8 Å². The Morgan fingerprint density at radius 3 is 1.73 bits per heavy atom. The van der Waals surface area contributed by atoms with Crippen molar-refractivity contribution < 1.29 is 21.9 Å². The van der Waals surface area contributed by atoms with E-state index in [-0.39, 0.29) is 36.3 Å². The van der Waals surface area contributed by atoms with Crippen molar-refractivity contribution in [3.8, 4) is 12.3 Å². The molecule has 0 spiro atoms. The topological polar surface area (TPSA) is 80.9 Å². The Hall–Kier alpha value is -2.42. The van der Waals surface area contributed by atoms with E-state index in [0.29, 0.717) is 23.7 Å². The molecular formula is C44H60O4. The average Bonchev–Trinajstić information content (AvgIpc) is 3.53. The normalized spacial score (nSPS) is 46.8. The zero-order valence-electron chi connectivity index (χ0n) is 29.8. The molecule has 0 radical (unpaired) electrons. The van der Waals surface area contributed by atoms with Crippen LogP contribution in [-0.2, 0) is 0 Å². The highest BCUT2D eigenvalue weighted by molar-refractivity contribution is 5.48. The fourth-order valence-corrected chi connectivity index (χ4v) is 12.3. The van der Waals surface area contributed by atoms with Crippen molar-refractivity contribution in [1.29, 1.82) is 0 Å². The first-order chi connectivity index (χ1) is 22.8. The van der Waals surface area contributed by atoms with E-state index in [1.165, 1.54) is 16.7 Å². The molecule has 4 unspecified atom stereocenters. The summed E-state index contributed by atoms with van der Waals surface area (Å²) in [6.45, 7) is 13.5. The van der Waals surface area contributed by atoms with Crippen LogP contribution in [0.3, 0.4) is 0 Å². The molecule has 0 amide bonds. The minimum Gasteiger partial charge on any atom is -0.392 e. The number of rotatable bonds is 3. The highest BCUT2D eigenvalue weighted by Crippen LogP contribution is 2.66. The maximum absolute atomic E-state index is 11.1. The summed E-state index contributed by atoms with van der Waals surface area (Å²) in [6, 6.07) is 0. The second-order valence-corrected chi connectivity index (χ2v) is 17.6. The van der Waals surface area contributed by atoms with E-state index < -0.39 is 11.2 Å². The van der Waals surface area contributed by atoms with E-state index in [1.54, 1.807) is 17.2 Å². The van der Waals surface area contributed by atoms with Gasteiger partial charge in [0.1, 0.15) is 5.60 Å². The fraction of sp³-hybridized carbons (Fsp3) is 0.636. The smallest absolute Gasteiger partial charge is 0.131 e. The van der Waals surface area contributed by atoms with Gasteiger partial charge in [0.2, 0.25) is 0 Å². The zero-order valence-corrected chi connectivity index (χ0v) is 29.8. The number of hydrogen-bond acceptors (Lipinski definition) is 4. The summed E-state index contributed by atoms with van der Waals surface area (Å²) in [5, 5.41) is 41.1. The molecule has 8 rings (SSSR count). The lowest BCUT2D eigenvalue weighted by atomic mass is 9.52. The maximum atomic E-state index is 11.1. The lowest BCUT2D eigenvalue weighted by Crippen LogP contribution is -2.49. The largest absolute Gasteiger partial charge is 0.392 e. The van der Waals surface area contributed by atoms with E-state index in [1.807, 2.05) is 0 Å². The second-order valence-electron chi connectivity index (χ2n) is 17.6. The molecule has 0 aliphatic heterocycles. The van der Waals surface area contributed by atoms with Gasteiger partial charge in [-0.15, -0.1) is 13.0 Å². The first-order valence-electron chi connectivity index (χ1n) is 18.7. The molecule has 2 fully saturated rings. The van der Waals surface area contributed by atoms with Crippen molar-refractivity contribution in [3.05, 3.63) is 82.5 Å². The molecular weight excluding hydrogens is 592 g/mol. The molecule has 0 bridgehead atoms. The van der Waals surface area contributed by atoms with Crippen LogP contribution < -0.4 is 0 Å². The molecule has 4 heteroatoms. The fourth-order valence-electron chi connectivity index (χ4n) is 12.3. The summed E-state index contributed by atoms with van der Waals surface area (Å²) in [4.78, 5) is 0. The molecule has 4 N–H and O–H groups in total. The molecule has 260 valence electrons. The summed E-state index contributed by atoms with van der Waals surface area (Å²) in [6.07, 6.45) is 33.4. The number of allylic oxidation sites excluding steroid dienone is 10. The lowest BCUT2D eigenvalue weighted by molar-refractivity contribution is -0.0424. The van der Waals surface area contributed by atoms with E-state index in [9.17, 15) is 20.4 Å². The first-order valence-corrected chi connectivity index (χ1v) is 18.7. The van der Waals surface area contributed by atoms with Gasteiger partial charge in [-0.1, -0.05) is 87.3 Å². The Labute approximate surface area is 290 Å². The summed E-state index contributed by atoms with van der Waals surface area (Å²) >= 11 is 0. The SMILES string of the molecule is C#C[C@]1(O)CCC2C3CC=C4C=C(CO)CC[C@]4(C)C3=CC[C@@]21C.C=C[C@]1(O)CCC2C3CC=C4C=C(CO)CC[C@]4(C)C3=CC[C@@]21C.[HH]. The van der Waals surface area contributed by atoms with E-state index >= 15 is 0 Å². The molecule has 8 aliphatic rings. The van der Waals surface area contributed by atoms with Gasteiger partial charge in [0, 0.05) is 23.1 Å². The number of terminal acetylenes is 1. The lowest BCUT2D eigenvalue weighted by Gasteiger charge is -2.53. The maximum Gasteiger partial charge on any atom is 0.131 e. The van der Waals surface area contributed by atoms with Crippen molar-refractivity contribution in [2.45, 2.75) is 116 Å². The number of aliphatic hydroxyl groups is 4. The Kier molecular flexibility index (Phi) is 8.20. The molecule has 10 atom stereocenters. The summed E-state index contributed by atoms with van der Waals surface area (Å²) in [7, 11) is 0. The van der Waals surface area contributed by atoms with E-state index in [0.717, 1.165) is 82.6 Å². The summed E-state index contributed by atoms with van der Waals surface area (Å²) < 4.78 is 0. The van der Waals surface area contributed by atoms with Crippen LogP contribution in [0.5, 0.6) is 0 Å². The van der Waals surface area contributed by atoms with Crippen LogP contribution >= 0.6 is 0 Å². The third kappa shape index (κ3) is 4.56. The van der Waals surface area contributed by atoms with Gasteiger partial charge >= 0.3 is 0 Å².